The van der Waals surface area contributed by atoms with Gasteiger partial charge in [-0.3, -0.25) is 0 Å². The van der Waals surface area contributed by atoms with Gasteiger partial charge in [0, 0.05) is 24.5 Å². The number of nitrogens with zero attached hydrogens (tertiary/aromatic N) is 4. The van der Waals surface area contributed by atoms with Crippen LogP contribution in [0.1, 0.15) is 6.92 Å². The first kappa shape index (κ1) is 11.3. The second-order valence-corrected chi connectivity index (χ2v) is 3.26. The van der Waals surface area contributed by atoms with Gasteiger partial charge in [-0.2, -0.15) is 0 Å². The maximum absolute atomic E-state index is 5.34. The van der Waals surface area contributed by atoms with Gasteiger partial charge in [-0.1, -0.05) is 0 Å². The number of anilines is 1. The second kappa shape index (κ2) is 5.20. The molecule has 0 aliphatic carbocycles. The minimum atomic E-state index is 0.601. The molecule has 0 bridgehead atoms. The van der Waals surface area contributed by atoms with E-state index in [-0.39, 0.29) is 0 Å². The van der Waals surface area contributed by atoms with Crippen molar-refractivity contribution < 1.29 is 4.74 Å². The lowest BCUT2D eigenvalue weighted by Crippen LogP contribution is -2.04. The minimum absolute atomic E-state index is 0.601. The molecule has 2 rings (SSSR count). The van der Waals surface area contributed by atoms with Crippen molar-refractivity contribution in [2.24, 2.45) is 0 Å². The highest BCUT2D eigenvalue weighted by Gasteiger charge is 2.13. The van der Waals surface area contributed by atoms with Gasteiger partial charge in [0.2, 0.25) is 0 Å². The molecule has 0 saturated heterocycles. The molecule has 0 spiro atoms. The van der Waals surface area contributed by atoms with Crippen molar-refractivity contribution >= 4 is 5.82 Å². The van der Waals surface area contributed by atoms with E-state index in [9.17, 15) is 0 Å². The fourth-order valence-electron chi connectivity index (χ4n) is 1.49. The van der Waals surface area contributed by atoms with E-state index in [1.54, 1.807) is 19.5 Å². The van der Waals surface area contributed by atoms with E-state index in [4.69, 9.17) is 4.74 Å². The van der Waals surface area contributed by atoms with Crippen LogP contribution in [0.5, 0.6) is 5.75 Å². The number of aromatic nitrogens is 4. The Balaban J connectivity index is 2.50. The Morgan fingerprint density at radius 1 is 1.18 bits per heavy atom. The van der Waals surface area contributed by atoms with Crippen molar-refractivity contribution in [1.82, 2.24) is 19.9 Å². The summed E-state index contributed by atoms with van der Waals surface area (Å²) in [5, 5.41) is 3.12. The van der Waals surface area contributed by atoms with Crippen LogP contribution >= 0.6 is 0 Å². The van der Waals surface area contributed by atoms with Gasteiger partial charge < -0.3 is 10.1 Å². The van der Waals surface area contributed by atoms with Crippen molar-refractivity contribution in [3.63, 3.8) is 0 Å². The fraction of sp³-hybridized carbons (Fsp3) is 0.273. The number of hydrogen-bond donors (Lipinski definition) is 1. The van der Waals surface area contributed by atoms with Crippen LogP contribution < -0.4 is 10.1 Å². The number of methoxy groups -OCH3 is 1. The standard InChI is InChI=1S/C11H13N5O/c1-3-14-11-10(17-2)9(15-7-16-11)8-4-12-6-13-5-8/h4-7H,3H2,1-2H3,(H,14,15,16). The first-order valence-electron chi connectivity index (χ1n) is 5.25. The summed E-state index contributed by atoms with van der Waals surface area (Å²) in [4.78, 5) is 16.3. The van der Waals surface area contributed by atoms with Crippen LogP contribution in [0.25, 0.3) is 11.3 Å². The van der Waals surface area contributed by atoms with E-state index in [1.165, 1.54) is 12.7 Å². The van der Waals surface area contributed by atoms with E-state index in [2.05, 4.69) is 25.3 Å². The average Bonchev–Trinajstić information content (AvgIpc) is 2.40. The summed E-state index contributed by atoms with van der Waals surface area (Å²) in [5.74, 6) is 1.27. The van der Waals surface area contributed by atoms with E-state index >= 15 is 0 Å². The SMILES string of the molecule is CCNc1ncnc(-c2cncnc2)c1OC. The van der Waals surface area contributed by atoms with Gasteiger partial charge >= 0.3 is 0 Å². The Hall–Kier alpha value is -2.24. The molecule has 0 unspecified atom stereocenters. The summed E-state index contributed by atoms with van der Waals surface area (Å²) in [7, 11) is 1.59. The molecular weight excluding hydrogens is 218 g/mol. The molecule has 17 heavy (non-hydrogen) atoms. The van der Waals surface area contributed by atoms with Gasteiger partial charge in [-0.15, -0.1) is 0 Å². The third-order valence-corrected chi connectivity index (χ3v) is 2.19. The van der Waals surface area contributed by atoms with Crippen LogP contribution in [0.4, 0.5) is 5.82 Å². The Morgan fingerprint density at radius 2 is 1.94 bits per heavy atom. The Morgan fingerprint density at radius 3 is 2.59 bits per heavy atom. The van der Waals surface area contributed by atoms with Gasteiger partial charge in [0.05, 0.1) is 7.11 Å². The summed E-state index contributed by atoms with van der Waals surface area (Å²) in [6, 6.07) is 0. The van der Waals surface area contributed by atoms with Crippen LogP contribution in [0.15, 0.2) is 25.0 Å². The van der Waals surface area contributed by atoms with Gasteiger partial charge in [0.15, 0.2) is 11.6 Å². The molecule has 0 aliphatic rings. The Labute approximate surface area is 99.1 Å². The fourth-order valence-corrected chi connectivity index (χ4v) is 1.49. The molecule has 0 aliphatic heterocycles. The number of ether oxygens (including phenoxy) is 1. The van der Waals surface area contributed by atoms with Gasteiger partial charge in [-0.25, -0.2) is 19.9 Å². The van der Waals surface area contributed by atoms with Crippen LogP contribution in [-0.2, 0) is 0 Å². The maximum atomic E-state index is 5.34. The van der Waals surface area contributed by atoms with Gasteiger partial charge in [-0.05, 0) is 6.92 Å². The third kappa shape index (κ3) is 2.30. The molecule has 2 aromatic heterocycles. The topological polar surface area (TPSA) is 72.8 Å². The molecule has 1 N–H and O–H groups in total. The van der Waals surface area contributed by atoms with Crippen LogP contribution in [0.2, 0.25) is 0 Å². The van der Waals surface area contributed by atoms with Crippen LogP contribution in [0.3, 0.4) is 0 Å². The minimum Gasteiger partial charge on any atom is -0.491 e. The second-order valence-electron chi connectivity index (χ2n) is 3.26. The zero-order valence-corrected chi connectivity index (χ0v) is 9.71. The van der Waals surface area contributed by atoms with Gasteiger partial charge in [0.25, 0.3) is 0 Å². The lowest BCUT2D eigenvalue weighted by molar-refractivity contribution is 0.414. The van der Waals surface area contributed by atoms with Crippen molar-refractivity contribution in [2.75, 3.05) is 19.0 Å². The molecule has 0 aromatic carbocycles. The normalized spacial score (nSPS) is 10.0. The highest BCUT2D eigenvalue weighted by molar-refractivity contribution is 5.71. The molecule has 0 atom stereocenters. The largest absolute Gasteiger partial charge is 0.491 e. The Bertz CT molecular complexity index is 488. The molecule has 0 radical (unpaired) electrons. The van der Waals surface area contributed by atoms with Crippen LogP contribution in [-0.4, -0.2) is 33.6 Å². The Kier molecular flexibility index (Phi) is 3.44. The zero-order chi connectivity index (χ0) is 12.1. The lowest BCUT2D eigenvalue weighted by Gasteiger charge is -2.11. The molecule has 88 valence electrons. The lowest BCUT2D eigenvalue weighted by atomic mass is 10.2. The molecule has 0 amide bonds. The summed E-state index contributed by atoms with van der Waals surface area (Å²) in [5.41, 5.74) is 1.48. The predicted octanol–water partition coefficient (Wildman–Crippen LogP) is 1.37. The third-order valence-electron chi connectivity index (χ3n) is 2.19. The van der Waals surface area contributed by atoms with Crippen molar-refractivity contribution in [3.05, 3.63) is 25.0 Å². The highest BCUT2D eigenvalue weighted by atomic mass is 16.5. The molecule has 6 heteroatoms. The number of hydrogen-bond acceptors (Lipinski definition) is 6. The number of rotatable bonds is 4. The summed E-state index contributed by atoms with van der Waals surface area (Å²) >= 11 is 0. The molecule has 6 nitrogen and oxygen atoms in total. The molecule has 2 aromatic rings. The summed E-state index contributed by atoms with van der Waals surface area (Å²) < 4.78 is 5.34. The van der Waals surface area contributed by atoms with Crippen molar-refractivity contribution in [2.45, 2.75) is 6.92 Å². The van der Waals surface area contributed by atoms with E-state index < -0.39 is 0 Å². The highest BCUT2D eigenvalue weighted by Crippen LogP contribution is 2.31. The molecule has 0 fully saturated rings. The van der Waals surface area contributed by atoms with Crippen molar-refractivity contribution in [3.8, 4) is 17.0 Å². The molecule has 0 saturated carbocycles. The summed E-state index contributed by atoms with van der Waals surface area (Å²) in [6.45, 7) is 2.75. The zero-order valence-electron chi connectivity index (χ0n) is 9.71. The predicted molar refractivity (Wildman–Crippen MR) is 63.8 cm³/mol. The summed E-state index contributed by atoms with van der Waals surface area (Å²) in [6.07, 6.45) is 6.34. The average molecular weight is 231 g/mol. The van der Waals surface area contributed by atoms with Gasteiger partial charge in [0.1, 0.15) is 18.3 Å². The molecular formula is C11H13N5O. The first-order chi connectivity index (χ1) is 8.36. The van der Waals surface area contributed by atoms with E-state index in [1.807, 2.05) is 6.92 Å². The maximum Gasteiger partial charge on any atom is 0.187 e. The smallest absolute Gasteiger partial charge is 0.187 e. The first-order valence-corrected chi connectivity index (χ1v) is 5.25. The van der Waals surface area contributed by atoms with Crippen LogP contribution in [0, 0.1) is 0 Å². The quantitative estimate of drug-likeness (QED) is 0.856. The monoisotopic (exact) mass is 231 g/mol. The van der Waals surface area contributed by atoms with E-state index in [0.717, 1.165) is 12.1 Å². The van der Waals surface area contributed by atoms with Crippen molar-refractivity contribution in [1.29, 1.82) is 0 Å². The van der Waals surface area contributed by atoms with E-state index in [0.29, 0.717) is 17.3 Å². The molecule has 2 heterocycles. The number of nitrogens with one attached hydrogen (secondary N) is 1.